The van der Waals surface area contributed by atoms with Gasteiger partial charge in [0, 0.05) is 21.7 Å². The Morgan fingerprint density at radius 2 is 2.19 bits per heavy atom. The Hall–Kier alpha value is -0.910. The van der Waals surface area contributed by atoms with Crippen molar-refractivity contribution < 1.29 is 4.79 Å². The molecule has 0 aliphatic carbocycles. The monoisotopic (exact) mass is 386 g/mol. The fourth-order valence-corrected chi connectivity index (χ4v) is 3.18. The second-order valence-electron chi connectivity index (χ2n) is 5.10. The summed E-state index contributed by atoms with van der Waals surface area (Å²) in [5.74, 6) is -0.0649. The Morgan fingerprint density at radius 1 is 1.48 bits per heavy atom. The first-order valence-corrected chi connectivity index (χ1v) is 8.56. The molecule has 0 spiro atoms. The molecule has 1 aromatic carbocycles. The van der Waals surface area contributed by atoms with Gasteiger partial charge in [-0.25, -0.2) is 4.98 Å². The fourth-order valence-electron chi connectivity index (χ4n) is 1.73. The number of rotatable bonds is 4. The van der Waals surface area contributed by atoms with Crippen LogP contribution < -0.4 is 5.32 Å². The van der Waals surface area contributed by atoms with Crippen molar-refractivity contribution in [2.75, 3.05) is 5.32 Å². The fraction of sp³-hybridized carbons (Fsp3) is 0.333. The quantitative estimate of drug-likeness (QED) is 0.797. The van der Waals surface area contributed by atoms with Gasteiger partial charge in [-0.15, -0.1) is 11.3 Å². The molecule has 1 heterocycles. The Balaban J connectivity index is 2.15. The lowest BCUT2D eigenvalue weighted by Gasteiger charge is -2.03. The summed E-state index contributed by atoms with van der Waals surface area (Å²) in [6, 6.07) is 5.91. The summed E-state index contributed by atoms with van der Waals surface area (Å²) in [5.41, 5.74) is 2.06. The van der Waals surface area contributed by atoms with E-state index in [2.05, 4.69) is 26.2 Å². The highest BCUT2D eigenvalue weighted by Gasteiger charge is 2.13. The third-order valence-corrected chi connectivity index (χ3v) is 5.30. The summed E-state index contributed by atoms with van der Waals surface area (Å²) in [7, 11) is 0. The van der Waals surface area contributed by atoms with Gasteiger partial charge in [-0.3, -0.25) is 4.79 Å². The predicted octanol–water partition coefficient (Wildman–Crippen LogP) is 5.05. The molecular formula is C15H16BrClN2OS. The number of carbonyl (C=O) groups is 1. The maximum absolute atomic E-state index is 11.7. The van der Waals surface area contributed by atoms with Gasteiger partial charge >= 0.3 is 0 Å². The van der Waals surface area contributed by atoms with E-state index in [-0.39, 0.29) is 11.8 Å². The molecular weight excluding hydrogens is 372 g/mol. The van der Waals surface area contributed by atoms with E-state index in [0.717, 1.165) is 27.0 Å². The average Bonchev–Trinajstić information content (AvgIpc) is 2.74. The lowest BCUT2D eigenvalue weighted by molar-refractivity contribution is -0.118. The first-order chi connectivity index (χ1) is 9.86. The number of halogens is 2. The zero-order valence-electron chi connectivity index (χ0n) is 12.0. The number of thiazole rings is 1. The van der Waals surface area contributed by atoms with Crippen LogP contribution in [0.25, 0.3) is 0 Å². The molecule has 0 unspecified atom stereocenters. The molecule has 112 valence electrons. The number of aryl methyl sites for hydroxylation is 1. The molecule has 2 rings (SSSR count). The minimum atomic E-state index is -0.0528. The molecule has 0 aliphatic heterocycles. The van der Waals surface area contributed by atoms with Gasteiger partial charge in [-0.1, -0.05) is 31.5 Å². The van der Waals surface area contributed by atoms with E-state index in [9.17, 15) is 4.79 Å². The number of benzene rings is 1. The summed E-state index contributed by atoms with van der Waals surface area (Å²) >= 11 is 11.0. The maximum Gasteiger partial charge on any atom is 0.228 e. The Bertz CT molecular complexity index is 670. The number of hydrogen-bond acceptors (Lipinski definition) is 3. The van der Waals surface area contributed by atoms with Gasteiger partial charge in [0.15, 0.2) is 5.13 Å². The highest BCUT2D eigenvalue weighted by molar-refractivity contribution is 9.10. The van der Waals surface area contributed by atoms with Crippen molar-refractivity contribution in [2.45, 2.75) is 27.2 Å². The van der Waals surface area contributed by atoms with Crippen LogP contribution in [0.1, 0.15) is 30.0 Å². The van der Waals surface area contributed by atoms with Crippen LogP contribution in [0.15, 0.2) is 22.7 Å². The SMILES string of the molecule is Cc1nc(NC(=O)C(C)C)sc1Cc1ccc(Br)c(Cl)c1. The molecule has 0 radical (unpaired) electrons. The van der Waals surface area contributed by atoms with E-state index in [1.807, 2.05) is 39.0 Å². The van der Waals surface area contributed by atoms with Crippen LogP contribution in [0.4, 0.5) is 5.13 Å². The number of amides is 1. The second-order valence-corrected chi connectivity index (χ2v) is 7.44. The molecule has 1 amide bonds. The van der Waals surface area contributed by atoms with E-state index in [1.54, 1.807) is 0 Å². The van der Waals surface area contributed by atoms with Crippen molar-refractivity contribution in [1.29, 1.82) is 0 Å². The van der Waals surface area contributed by atoms with Crippen molar-refractivity contribution in [1.82, 2.24) is 4.98 Å². The van der Waals surface area contributed by atoms with Crippen LogP contribution in [0.3, 0.4) is 0 Å². The van der Waals surface area contributed by atoms with Gasteiger partial charge in [-0.2, -0.15) is 0 Å². The van der Waals surface area contributed by atoms with Crippen molar-refractivity contribution in [3.63, 3.8) is 0 Å². The summed E-state index contributed by atoms with van der Waals surface area (Å²) < 4.78 is 0.888. The molecule has 0 fully saturated rings. The normalized spacial score (nSPS) is 11.0. The Labute approximate surface area is 141 Å². The summed E-state index contributed by atoms with van der Waals surface area (Å²) in [5, 5.41) is 4.20. The highest BCUT2D eigenvalue weighted by Crippen LogP contribution is 2.28. The van der Waals surface area contributed by atoms with Crippen LogP contribution in [-0.4, -0.2) is 10.9 Å². The third kappa shape index (κ3) is 4.28. The number of hydrogen-bond donors (Lipinski definition) is 1. The molecule has 1 N–H and O–H groups in total. The standard InChI is InChI=1S/C15H16BrClN2OS/c1-8(2)14(20)19-15-18-9(3)13(21-15)7-10-4-5-11(16)12(17)6-10/h4-6,8H,7H2,1-3H3,(H,18,19,20). The summed E-state index contributed by atoms with van der Waals surface area (Å²) in [4.78, 5) is 17.3. The van der Waals surface area contributed by atoms with E-state index < -0.39 is 0 Å². The number of nitrogens with one attached hydrogen (secondary N) is 1. The summed E-state index contributed by atoms with van der Waals surface area (Å²) in [6.07, 6.45) is 0.758. The Morgan fingerprint density at radius 3 is 2.81 bits per heavy atom. The lowest BCUT2D eigenvalue weighted by Crippen LogP contribution is -2.17. The summed E-state index contributed by atoms with van der Waals surface area (Å²) in [6.45, 7) is 5.68. The zero-order chi connectivity index (χ0) is 15.6. The van der Waals surface area contributed by atoms with Crippen molar-refractivity contribution in [3.05, 3.63) is 43.8 Å². The molecule has 21 heavy (non-hydrogen) atoms. The molecule has 2 aromatic rings. The predicted molar refractivity (Wildman–Crippen MR) is 92.3 cm³/mol. The van der Waals surface area contributed by atoms with E-state index >= 15 is 0 Å². The minimum Gasteiger partial charge on any atom is -0.302 e. The van der Waals surface area contributed by atoms with Gasteiger partial charge < -0.3 is 5.32 Å². The van der Waals surface area contributed by atoms with Gasteiger partial charge in [0.2, 0.25) is 5.91 Å². The van der Waals surface area contributed by atoms with Gasteiger partial charge in [0.25, 0.3) is 0 Å². The van der Waals surface area contributed by atoms with Crippen LogP contribution in [0.5, 0.6) is 0 Å². The maximum atomic E-state index is 11.7. The van der Waals surface area contributed by atoms with Crippen LogP contribution in [0, 0.1) is 12.8 Å². The molecule has 0 aliphatic rings. The molecule has 0 saturated carbocycles. The number of carbonyl (C=O) groups excluding carboxylic acids is 1. The number of aromatic nitrogens is 1. The van der Waals surface area contributed by atoms with Gasteiger partial charge in [-0.05, 0) is 40.5 Å². The van der Waals surface area contributed by atoms with Gasteiger partial charge in [0.1, 0.15) is 0 Å². The molecule has 6 heteroatoms. The highest BCUT2D eigenvalue weighted by atomic mass is 79.9. The van der Waals surface area contributed by atoms with Crippen molar-refractivity contribution >= 4 is 49.9 Å². The number of anilines is 1. The van der Waals surface area contributed by atoms with Crippen LogP contribution in [0.2, 0.25) is 5.02 Å². The van der Waals surface area contributed by atoms with Crippen molar-refractivity contribution in [3.8, 4) is 0 Å². The molecule has 0 saturated heterocycles. The third-order valence-electron chi connectivity index (χ3n) is 3.00. The smallest absolute Gasteiger partial charge is 0.228 e. The first-order valence-electron chi connectivity index (χ1n) is 6.58. The molecule has 0 bridgehead atoms. The molecule has 0 atom stereocenters. The van der Waals surface area contributed by atoms with Gasteiger partial charge in [0.05, 0.1) is 10.7 Å². The van der Waals surface area contributed by atoms with Crippen LogP contribution in [-0.2, 0) is 11.2 Å². The Kier molecular flexibility index (Phi) is 5.41. The van der Waals surface area contributed by atoms with E-state index in [4.69, 9.17) is 11.6 Å². The van der Waals surface area contributed by atoms with Crippen molar-refractivity contribution in [2.24, 2.45) is 5.92 Å². The zero-order valence-corrected chi connectivity index (χ0v) is 15.2. The average molecular weight is 388 g/mol. The lowest BCUT2D eigenvalue weighted by atomic mass is 10.1. The van der Waals surface area contributed by atoms with Crippen LogP contribution >= 0.6 is 38.9 Å². The topological polar surface area (TPSA) is 42.0 Å². The first kappa shape index (κ1) is 16.5. The molecule has 1 aromatic heterocycles. The number of nitrogens with zero attached hydrogens (tertiary/aromatic N) is 1. The largest absolute Gasteiger partial charge is 0.302 e. The second kappa shape index (κ2) is 6.90. The van der Waals surface area contributed by atoms with E-state index in [0.29, 0.717) is 10.2 Å². The minimum absolute atomic E-state index is 0.0120. The molecule has 3 nitrogen and oxygen atoms in total. The van der Waals surface area contributed by atoms with E-state index in [1.165, 1.54) is 11.3 Å².